The third-order valence-corrected chi connectivity index (χ3v) is 5.02. The van der Waals surface area contributed by atoms with E-state index < -0.39 is 34.7 Å². The van der Waals surface area contributed by atoms with Gasteiger partial charge in [-0.05, 0) is 24.3 Å². The highest BCUT2D eigenvalue weighted by atomic mass is 35.5. The maximum absolute atomic E-state index is 14.1. The van der Waals surface area contributed by atoms with Gasteiger partial charge in [0, 0.05) is 28.6 Å². The minimum atomic E-state index is -2.02. The van der Waals surface area contributed by atoms with Gasteiger partial charge in [0.05, 0.1) is 11.6 Å². The molecule has 1 atom stereocenters. The number of aromatic nitrogens is 1. The second-order valence-corrected chi connectivity index (χ2v) is 6.41. The van der Waals surface area contributed by atoms with Gasteiger partial charge in [-0.1, -0.05) is 0 Å². The van der Waals surface area contributed by atoms with Gasteiger partial charge in [-0.25, -0.2) is 22.5 Å². The van der Waals surface area contributed by atoms with Crippen molar-refractivity contribution >= 4 is 22.9 Å². The third kappa shape index (κ3) is 3.27. The van der Waals surface area contributed by atoms with Crippen molar-refractivity contribution in [3.8, 4) is 11.3 Å². The maximum atomic E-state index is 14.1. The molecule has 2 nitrogen and oxygen atoms in total. The van der Waals surface area contributed by atoms with Crippen LogP contribution >= 0.6 is 22.9 Å². The van der Waals surface area contributed by atoms with E-state index in [2.05, 4.69) is 4.98 Å². The molecule has 0 spiro atoms. The summed E-state index contributed by atoms with van der Waals surface area (Å²) in [6.45, 7) is 0. The Morgan fingerprint density at radius 2 is 1.64 bits per heavy atom. The van der Waals surface area contributed by atoms with Gasteiger partial charge >= 0.3 is 0 Å². The first-order valence-corrected chi connectivity index (χ1v) is 8.42. The van der Waals surface area contributed by atoms with Crippen molar-refractivity contribution in [1.29, 1.82) is 0 Å². The first kappa shape index (κ1) is 17.8. The van der Waals surface area contributed by atoms with Crippen LogP contribution in [0.25, 0.3) is 11.3 Å². The highest BCUT2D eigenvalue weighted by Gasteiger charge is 2.37. The van der Waals surface area contributed by atoms with Gasteiger partial charge in [-0.15, -0.1) is 22.9 Å². The summed E-state index contributed by atoms with van der Waals surface area (Å²) >= 11 is 6.76. The molecule has 1 N–H and O–H groups in total. The molecule has 0 saturated heterocycles. The Hall–Kier alpha value is -1.96. The van der Waals surface area contributed by atoms with Crippen molar-refractivity contribution in [3.05, 3.63) is 75.6 Å². The molecule has 2 aromatic carbocycles. The van der Waals surface area contributed by atoms with E-state index in [4.69, 9.17) is 11.6 Å². The molecule has 0 radical (unpaired) electrons. The van der Waals surface area contributed by atoms with Gasteiger partial charge in [0.25, 0.3) is 0 Å². The van der Waals surface area contributed by atoms with Crippen molar-refractivity contribution in [3.63, 3.8) is 0 Å². The van der Waals surface area contributed by atoms with E-state index in [-0.39, 0.29) is 21.8 Å². The molecule has 3 rings (SSSR count). The summed E-state index contributed by atoms with van der Waals surface area (Å²) in [5.41, 5.74) is -2.09. The van der Waals surface area contributed by atoms with Crippen LogP contribution in [-0.2, 0) is 5.60 Å². The summed E-state index contributed by atoms with van der Waals surface area (Å²) in [5.74, 6) is -3.78. The number of alkyl halides is 1. The summed E-state index contributed by atoms with van der Waals surface area (Å²) in [6, 6.07) is 5.69. The average molecular weight is 388 g/mol. The third-order valence-electron chi connectivity index (χ3n) is 3.64. The molecular weight excluding hydrogens is 378 g/mol. The predicted octanol–water partition coefficient (Wildman–Crippen LogP) is 4.84. The second-order valence-electron chi connectivity index (χ2n) is 5.28. The minimum absolute atomic E-state index is 0.00623. The van der Waals surface area contributed by atoms with Crippen LogP contribution in [0, 0.1) is 23.3 Å². The predicted molar refractivity (Wildman–Crippen MR) is 87.5 cm³/mol. The van der Waals surface area contributed by atoms with E-state index in [1.165, 1.54) is 11.4 Å². The van der Waals surface area contributed by atoms with Crippen molar-refractivity contribution < 1.29 is 22.7 Å². The molecule has 8 heteroatoms. The SMILES string of the molecule is OC(CCl)(c1nc(-c2ccc(F)cc2F)cs1)c1ccc(F)cc1F. The minimum Gasteiger partial charge on any atom is -0.376 e. The monoisotopic (exact) mass is 387 g/mol. The average Bonchev–Trinajstić information content (AvgIpc) is 3.04. The molecule has 0 aliphatic heterocycles. The zero-order valence-corrected chi connectivity index (χ0v) is 14.0. The smallest absolute Gasteiger partial charge is 0.157 e. The normalized spacial score (nSPS) is 13.7. The first-order chi connectivity index (χ1) is 11.8. The molecule has 0 fully saturated rings. The lowest BCUT2D eigenvalue weighted by atomic mass is 9.96. The zero-order valence-electron chi connectivity index (χ0n) is 12.4. The van der Waals surface area contributed by atoms with Crippen LogP contribution < -0.4 is 0 Å². The lowest BCUT2D eigenvalue weighted by molar-refractivity contribution is 0.101. The molecule has 0 aliphatic rings. The number of benzene rings is 2. The van der Waals surface area contributed by atoms with Crippen molar-refractivity contribution in [2.75, 3.05) is 5.88 Å². The Bertz CT molecular complexity index is 933. The van der Waals surface area contributed by atoms with Crippen LogP contribution in [0.2, 0.25) is 0 Å². The van der Waals surface area contributed by atoms with Crippen molar-refractivity contribution in [2.45, 2.75) is 5.60 Å². The van der Waals surface area contributed by atoms with E-state index in [1.807, 2.05) is 0 Å². The van der Waals surface area contributed by atoms with Gasteiger partial charge in [0.15, 0.2) is 5.60 Å². The Morgan fingerprint density at radius 1 is 1.00 bits per heavy atom. The van der Waals surface area contributed by atoms with E-state index in [0.29, 0.717) is 12.1 Å². The van der Waals surface area contributed by atoms with Gasteiger partial charge in [0.1, 0.15) is 28.3 Å². The fourth-order valence-corrected chi connectivity index (χ4v) is 3.63. The molecule has 1 heterocycles. The van der Waals surface area contributed by atoms with Crippen LogP contribution in [0.3, 0.4) is 0 Å². The Balaban J connectivity index is 2.07. The summed E-state index contributed by atoms with van der Waals surface area (Å²) in [5, 5.41) is 12.2. The number of aliphatic hydroxyl groups is 1. The summed E-state index contributed by atoms with van der Waals surface area (Å²) in [7, 11) is 0. The molecule has 130 valence electrons. The lowest BCUT2D eigenvalue weighted by Gasteiger charge is -2.24. The van der Waals surface area contributed by atoms with E-state index in [0.717, 1.165) is 29.5 Å². The zero-order chi connectivity index (χ0) is 18.2. The van der Waals surface area contributed by atoms with Crippen LogP contribution in [0.15, 0.2) is 41.8 Å². The van der Waals surface area contributed by atoms with Gasteiger partial charge in [0.2, 0.25) is 0 Å². The fraction of sp³-hybridized carbons (Fsp3) is 0.118. The number of hydrogen-bond acceptors (Lipinski definition) is 3. The molecule has 25 heavy (non-hydrogen) atoms. The first-order valence-electron chi connectivity index (χ1n) is 7.00. The number of nitrogens with zero attached hydrogens (tertiary/aromatic N) is 1. The van der Waals surface area contributed by atoms with Crippen molar-refractivity contribution in [2.24, 2.45) is 0 Å². The largest absolute Gasteiger partial charge is 0.376 e. The number of thiazole rings is 1. The number of halogens is 5. The molecule has 0 saturated carbocycles. The van der Waals surface area contributed by atoms with Crippen LogP contribution in [0.1, 0.15) is 10.6 Å². The number of rotatable bonds is 4. The molecular formula is C17H10ClF4NOS. The van der Waals surface area contributed by atoms with Gasteiger partial charge < -0.3 is 5.11 Å². The fourth-order valence-electron chi connectivity index (χ4n) is 2.35. The molecule has 1 aromatic heterocycles. The highest BCUT2D eigenvalue weighted by Crippen LogP contribution is 2.37. The Morgan fingerprint density at radius 3 is 2.24 bits per heavy atom. The Labute approximate surface area is 149 Å². The van der Waals surface area contributed by atoms with Crippen LogP contribution in [0.4, 0.5) is 17.6 Å². The quantitative estimate of drug-likeness (QED) is 0.513. The standard InChI is InChI=1S/C17H10ClF4NOS/c18-8-17(24,12-4-2-10(20)6-14(12)22)16-23-15(7-25-16)11-3-1-9(19)5-13(11)21/h1-7,24H,8H2. The van der Waals surface area contributed by atoms with E-state index >= 15 is 0 Å². The van der Waals surface area contributed by atoms with E-state index in [9.17, 15) is 22.7 Å². The van der Waals surface area contributed by atoms with E-state index in [1.54, 1.807) is 0 Å². The summed E-state index contributed by atoms with van der Waals surface area (Å²) in [4.78, 5) is 4.12. The van der Waals surface area contributed by atoms with Crippen LogP contribution in [0.5, 0.6) is 0 Å². The highest BCUT2D eigenvalue weighted by molar-refractivity contribution is 7.10. The molecule has 1 unspecified atom stereocenters. The second kappa shape index (κ2) is 6.74. The maximum Gasteiger partial charge on any atom is 0.157 e. The Kier molecular flexibility index (Phi) is 4.81. The summed E-state index contributed by atoms with van der Waals surface area (Å²) in [6.07, 6.45) is 0. The van der Waals surface area contributed by atoms with Crippen LogP contribution in [-0.4, -0.2) is 16.0 Å². The topological polar surface area (TPSA) is 33.1 Å². The van der Waals surface area contributed by atoms with Gasteiger partial charge in [-0.3, -0.25) is 0 Å². The lowest BCUT2D eigenvalue weighted by Crippen LogP contribution is -2.30. The van der Waals surface area contributed by atoms with Gasteiger partial charge in [-0.2, -0.15) is 0 Å². The van der Waals surface area contributed by atoms with Crippen molar-refractivity contribution in [1.82, 2.24) is 4.98 Å². The molecule has 0 bridgehead atoms. The molecule has 3 aromatic rings. The number of hydrogen-bond donors (Lipinski definition) is 1. The summed E-state index contributed by atoms with van der Waals surface area (Å²) < 4.78 is 54.1. The molecule has 0 amide bonds. The molecule has 0 aliphatic carbocycles.